The van der Waals surface area contributed by atoms with Crippen molar-refractivity contribution in [2.45, 2.75) is 39.5 Å². The van der Waals surface area contributed by atoms with Crippen LogP contribution < -0.4 is 10.6 Å². The first-order valence-electron chi connectivity index (χ1n) is 11.8. The lowest BCUT2D eigenvalue weighted by Gasteiger charge is -2.28. The Bertz CT molecular complexity index is 1090. The standard InChI is InChI=1S/C29H32N2O3/c1-21(27(32)30-19-22-12-6-3-7-13-22)25-18-29(25,2)26(24-16-10-5-11-17-24)31-28(33)34-20-23-14-8-4-9-15-23/h3-17,21,25-26H,18-20H2,1-2H3,(H,30,32)(H,31,33)/t21?,25?,26?,29-/m1/s1. The summed E-state index contributed by atoms with van der Waals surface area (Å²) in [6.07, 6.45) is 0.400. The van der Waals surface area contributed by atoms with Gasteiger partial charge in [-0.3, -0.25) is 4.79 Å². The SMILES string of the molecule is CC(C(=O)NCc1ccccc1)C1C[C@@]1(C)C(NC(=O)OCc1ccccc1)c1ccccc1. The second kappa shape index (κ2) is 10.6. The number of ether oxygens (including phenoxy) is 1. The fourth-order valence-corrected chi connectivity index (χ4v) is 4.78. The maximum atomic E-state index is 12.9. The molecule has 3 aromatic carbocycles. The quantitative estimate of drug-likeness (QED) is 0.438. The van der Waals surface area contributed by atoms with Gasteiger partial charge in [0.05, 0.1) is 6.04 Å². The summed E-state index contributed by atoms with van der Waals surface area (Å²) in [5, 5.41) is 6.16. The molecular weight excluding hydrogens is 424 g/mol. The molecule has 0 spiro atoms. The van der Waals surface area contributed by atoms with Crippen LogP contribution in [0.15, 0.2) is 91.0 Å². The molecule has 0 aliphatic heterocycles. The van der Waals surface area contributed by atoms with Crippen molar-refractivity contribution in [3.05, 3.63) is 108 Å². The molecule has 0 saturated heterocycles. The van der Waals surface area contributed by atoms with Gasteiger partial charge in [0.2, 0.25) is 5.91 Å². The summed E-state index contributed by atoms with van der Waals surface area (Å²) in [4.78, 5) is 25.6. The Morgan fingerprint density at radius 2 is 1.47 bits per heavy atom. The third-order valence-corrected chi connectivity index (χ3v) is 6.94. The molecule has 0 heterocycles. The van der Waals surface area contributed by atoms with Gasteiger partial charge in [0.1, 0.15) is 6.61 Å². The van der Waals surface area contributed by atoms with Gasteiger partial charge in [0.15, 0.2) is 0 Å². The number of alkyl carbamates (subject to hydrolysis) is 1. The Kier molecular flexibility index (Phi) is 7.31. The second-order valence-corrected chi connectivity index (χ2v) is 9.36. The lowest BCUT2D eigenvalue weighted by Crippen LogP contribution is -2.37. The van der Waals surface area contributed by atoms with Crippen molar-refractivity contribution in [1.82, 2.24) is 10.6 Å². The third kappa shape index (κ3) is 5.66. The number of amides is 2. The molecular formula is C29H32N2O3. The number of hydrogen-bond donors (Lipinski definition) is 2. The fraction of sp³-hybridized carbons (Fsp3) is 0.310. The molecule has 2 amide bonds. The van der Waals surface area contributed by atoms with E-state index in [4.69, 9.17) is 4.74 Å². The van der Waals surface area contributed by atoms with Gasteiger partial charge in [0, 0.05) is 12.5 Å². The first-order chi connectivity index (χ1) is 16.5. The highest BCUT2D eigenvalue weighted by atomic mass is 16.5. The Morgan fingerprint density at radius 3 is 2.09 bits per heavy atom. The summed E-state index contributed by atoms with van der Waals surface area (Å²) in [5.41, 5.74) is 2.79. The van der Waals surface area contributed by atoms with E-state index in [2.05, 4.69) is 17.6 Å². The molecule has 0 radical (unpaired) electrons. The molecule has 1 aliphatic carbocycles. The van der Waals surface area contributed by atoms with Crippen LogP contribution in [0, 0.1) is 17.3 Å². The molecule has 5 heteroatoms. The van der Waals surface area contributed by atoms with Crippen molar-refractivity contribution in [2.75, 3.05) is 0 Å². The predicted octanol–water partition coefficient (Wildman–Crippen LogP) is 5.63. The lowest BCUT2D eigenvalue weighted by atomic mass is 9.86. The Labute approximate surface area is 201 Å². The normalized spacial score (nSPS) is 20.6. The zero-order valence-electron chi connectivity index (χ0n) is 19.7. The van der Waals surface area contributed by atoms with Crippen molar-refractivity contribution in [1.29, 1.82) is 0 Å². The molecule has 0 aromatic heterocycles. The van der Waals surface area contributed by atoms with Gasteiger partial charge in [-0.05, 0) is 34.4 Å². The predicted molar refractivity (Wildman–Crippen MR) is 133 cm³/mol. The van der Waals surface area contributed by atoms with Crippen molar-refractivity contribution < 1.29 is 14.3 Å². The summed E-state index contributed by atoms with van der Waals surface area (Å²) in [5.74, 6) is 0.0287. The Morgan fingerprint density at radius 1 is 0.912 bits per heavy atom. The van der Waals surface area contributed by atoms with E-state index in [1.165, 1.54) is 0 Å². The fourth-order valence-electron chi connectivity index (χ4n) is 4.78. The lowest BCUT2D eigenvalue weighted by molar-refractivity contribution is -0.125. The number of carbonyl (C=O) groups excluding carboxylic acids is 2. The van der Waals surface area contributed by atoms with Crippen LogP contribution in [0.25, 0.3) is 0 Å². The minimum absolute atomic E-state index is 0.0380. The summed E-state index contributed by atoms with van der Waals surface area (Å²) in [6, 6.07) is 29.2. The monoisotopic (exact) mass is 456 g/mol. The largest absolute Gasteiger partial charge is 0.445 e. The van der Waals surface area contributed by atoms with Gasteiger partial charge in [-0.25, -0.2) is 4.79 Å². The van der Waals surface area contributed by atoms with Gasteiger partial charge in [-0.2, -0.15) is 0 Å². The molecule has 4 atom stereocenters. The minimum Gasteiger partial charge on any atom is -0.445 e. The summed E-state index contributed by atoms with van der Waals surface area (Å²) >= 11 is 0. The second-order valence-electron chi connectivity index (χ2n) is 9.36. The van der Waals surface area contributed by atoms with Gasteiger partial charge >= 0.3 is 6.09 Å². The molecule has 176 valence electrons. The van der Waals surface area contributed by atoms with E-state index >= 15 is 0 Å². The molecule has 1 saturated carbocycles. The van der Waals surface area contributed by atoms with Crippen LogP contribution in [0.5, 0.6) is 0 Å². The van der Waals surface area contributed by atoms with Gasteiger partial charge in [-0.1, -0.05) is 105 Å². The topological polar surface area (TPSA) is 67.4 Å². The van der Waals surface area contributed by atoms with E-state index in [9.17, 15) is 9.59 Å². The van der Waals surface area contributed by atoms with E-state index in [0.29, 0.717) is 6.54 Å². The molecule has 1 aliphatic rings. The first-order valence-corrected chi connectivity index (χ1v) is 11.8. The Hall–Kier alpha value is -3.60. The van der Waals surface area contributed by atoms with Crippen molar-refractivity contribution >= 4 is 12.0 Å². The van der Waals surface area contributed by atoms with Gasteiger partial charge in [-0.15, -0.1) is 0 Å². The number of hydrogen-bond acceptors (Lipinski definition) is 3. The zero-order chi connectivity index (χ0) is 24.0. The number of rotatable bonds is 9. The minimum atomic E-state index is -0.453. The number of benzene rings is 3. The maximum absolute atomic E-state index is 12.9. The van der Waals surface area contributed by atoms with E-state index in [-0.39, 0.29) is 35.8 Å². The highest BCUT2D eigenvalue weighted by molar-refractivity contribution is 5.79. The van der Waals surface area contributed by atoms with Crippen LogP contribution in [0.1, 0.15) is 43.0 Å². The molecule has 4 rings (SSSR count). The van der Waals surface area contributed by atoms with Crippen LogP contribution >= 0.6 is 0 Å². The van der Waals surface area contributed by atoms with Crippen LogP contribution in [0.2, 0.25) is 0 Å². The third-order valence-electron chi connectivity index (χ3n) is 6.94. The molecule has 3 unspecified atom stereocenters. The molecule has 1 fully saturated rings. The molecule has 5 nitrogen and oxygen atoms in total. The van der Waals surface area contributed by atoms with Crippen molar-refractivity contribution in [3.63, 3.8) is 0 Å². The Balaban J connectivity index is 1.40. The van der Waals surface area contributed by atoms with Crippen LogP contribution in [-0.4, -0.2) is 12.0 Å². The van der Waals surface area contributed by atoms with Crippen molar-refractivity contribution in [2.24, 2.45) is 17.3 Å². The van der Waals surface area contributed by atoms with E-state index in [0.717, 1.165) is 23.1 Å². The first kappa shape index (κ1) is 23.6. The number of nitrogens with one attached hydrogen (secondary N) is 2. The summed E-state index contributed by atoms with van der Waals surface area (Å²) in [6.45, 7) is 4.85. The average molecular weight is 457 g/mol. The van der Waals surface area contributed by atoms with Crippen LogP contribution in [0.3, 0.4) is 0 Å². The molecule has 34 heavy (non-hydrogen) atoms. The zero-order valence-corrected chi connectivity index (χ0v) is 19.7. The molecule has 0 bridgehead atoms. The van der Waals surface area contributed by atoms with Crippen LogP contribution in [-0.2, 0) is 22.7 Å². The maximum Gasteiger partial charge on any atom is 0.407 e. The van der Waals surface area contributed by atoms with Crippen molar-refractivity contribution in [3.8, 4) is 0 Å². The van der Waals surface area contributed by atoms with E-state index in [1.807, 2.05) is 97.9 Å². The highest BCUT2D eigenvalue weighted by Crippen LogP contribution is 2.63. The van der Waals surface area contributed by atoms with Gasteiger partial charge in [0.25, 0.3) is 0 Å². The highest BCUT2D eigenvalue weighted by Gasteiger charge is 2.59. The molecule has 2 N–H and O–H groups in total. The van der Waals surface area contributed by atoms with Crippen LogP contribution in [0.4, 0.5) is 4.79 Å². The summed E-state index contributed by atoms with van der Waals surface area (Å²) in [7, 11) is 0. The van der Waals surface area contributed by atoms with E-state index in [1.54, 1.807) is 0 Å². The summed E-state index contributed by atoms with van der Waals surface area (Å²) < 4.78 is 5.50. The van der Waals surface area contributed by atoms with E-state index < -0.39 is 6.09 Å². The number of carbonyl (C=O) groups is 2. The average Bonchev–Trinajstić information content (AvgIpc) is 3.58. The smallest absolute Gasteiger partial charge is 0.407 e. The molecule has 3 aromatic rings. The van der Waals surface area contributed by atoms with Gasteiger partial charge < -0.3 is 15.4 Å².